The highest BCUT2D eigenvalue weighted by Crippen LogP contribution is 2.45. The minimum atomic E-state index is 0.233. The number of nitrogens with zero attached hydrogens (tertiary/aromatic N) is 1. The molecule has 0 N–H and O–H groups in total. The van der Waals surface area contributed by atoms with Crippen molar-refractivity contribution >= 4 is 5.71 Å². The van der Waals surface area contributed by atoms with E-state index >= 15 is 0 Å². The smallest absolute Gasteiger partial charge is 0.0629 e. The van der Waals surface area contributed by atoms with Crippen molar-refractivity contribution in [2.45, 2.75) is 61.8 Å². The lowest BCUT2D eigenvalue weighted by Crippen LogP contribution is -2.15. The topological polar surface area (TPSA) is 12.4 Å². The van der Waals surface area contributed by atoms with Gasteiger partial charge in [0.2, 0.25) is 0 Å². The first-order valence-corrected chi connectivity index (χ1v) is 9.65. The van der Waals surface area contributed by atoms with Gasteiger partial charge in [-0.05, 0) is 72.0 Å². The summed E-state index contributed by atoms with van der Waals surface area (Å²) in [4.78, 5) is 4.63. The number of hydrogen-bond acceptors (Lipinski definition) is 1. The number of aliphatic imine (C=N–C) groups is 1. The molecule has 1 heterocycles. The maximum absolute atomic E-state index is 4.63. The Kier molecular flexibility index (Phi) is 6.08. The summed E-state index contributed by atoms with van der Waals surface area (Å²) in [7, 11) is 0. The van der Waals surface area contributed by atoms with E-state index in [0.717, 1.165) is 12.1 Å². The zero-order chi connectivity index (χ0) is 18.8. The quantitative estimate of drug-likeness (QED) is 0.509. The molecule has 25 heavy (non-hydrogen) atoms. The fourth-order valence-electron chi connectivity index (χ4n) is 3.36. The van der Waals surface area contributed by atoms with Crippen LogP contribution in [0.15, 0.2) is 63.9 Å². The second kappa shape index (κ2) is 7.72. The van der Waals surface area contributed by atoms with Gasteiger partial charge < -0.3 is 0 Å². The SMILES string of the molecule is C/C=C(C1=C(/C(C)=C\C2=NC=CC(C(C)(C)C)C=C2)C1)/C(C)C(C)C. The van der Waals surface area contributed by atoms with E-state index < -0.39 is 0 Å². The summed E-state index contributed by atoms with van der Waals surface area (Å²) in [6, 6.07) is 0. The van der Waals surface area contributed by atoms with E-state index in [1.54, 1.807) is 5.57 Å². The lowest BCUT2D eigenvalue weighted by molar-refractivity contribution is 0.344. The van der Waals surface area contributed by atoms with Gasteiger partial charge in [0.1, 0.15) is 0 Å². The molecular weight excluding hydrogens is 302 g/mol. The molecule has 0 saturated carbocycles. The van der Waals surface area contributed by atoms with E-state index in [2.05, 4.69) is 90.8 Å². The van der Waals surface area contributed by atoms with Gasteiger partial charge in [0.05, 0.1) is 5.71 Å². The van der Waals surface area contributed by atoms with Crippen molar-refractivity contribution in [1.29, 1.82) is 0 Å². The average molecular weight is 338 g/mol. The Morgan fingerprint density at radius 1 is 1.16 bits per heavy atom. The van der Waals surface area contributed by atoms with Crippen LogP contribution in [-0.4, -0.2) is 5.71 Å². The Labute approximate surface area is 155 Å². The molecule has 2 unspecified atom stereocenters. The molecule has 0 amide bonds. The first-order valence-electron chi connectivity index (χ1n) is 9.65. The van der Waals surface area contributed by atoms with Gasteiger partial charge in [-0.25, -0.2) is 0 Å². The summed E-state index contributed by atoms with van der Waals surface area (Å²) >= 11 is 0. The van der Waals surface area contributed by atoms with Crippen LogP contribution in [0.5, 0.6) is 0 Å². The highest BCUT2D eigenvalue weighted by Gasteiger charge is 2.29. The van der Waals surface area contributed by atoms with E-state index in [4.69, 9.17) is 0 Å². The van der Waals surface area contributed by atoms with E-state index in [1.165, 1.54) is 16.7 Å². The predicted octanol–water partition coefficient (Wildman–Crippen LogP) is 7.06. The number of hydrogen-bond donors (Lipinski definition) is 0. The summed E-state index contributed by atoms with van der Waals surface area (Å²) in [5.74, 6) is 1.73. The molecule has 1 aliphatic heterocycles. The second-order valence-electron chi connectivity index (χ2n) is 8.88. The summed E-state index contributed by atoms with van der Waals surface area (Å²) in [5, 5.41) is 0. The summed E-state index contributed by atoms with van der Waals surface area (Å²) in [6.45, 7) is 18.2. The third-order valence-corrected chi connectivity index (χ3v) is 5.57. The maximum atomic E-state index is 4.63. The molecule has 2 atom stereocenters. The minimum Gasteiger partial charge on any atom is -0.257 e. The lowest BCUT2D eigenvalue weighted by atomic mass is 9.80. The molecule has 1 aliphatic carbocycles. The van der Waals surface area contributed by atoms with Gasteiger partial charge >= 0.3 is 0 Å². The molecule has 0 aromatic rings. The molecule has 2 rings (SSSR count). The van der Waals surface area contributed by atoms with Gasteiger partial charge in [0, 0.05) is 12.1 Å². The Morgan fingerprint density at radius 2 is 1.84 bits per heavy atom. The summed E-state index contributed by atoms with van der Waals surface area (Å²) in [6.07, 6.45) is 14.3. The first kappa shape index (κ1) is 19.7. The average Bonchev–Trinajstić information content (AvgIpc) is 3.31. The minimum absolute atomic E-state index is 0.233. The Bertz CT molecular complexity index is 684. The van der Waals surface area contributed by atoms with Crippen LogP contribution in [-0.2, 0) is 0 Å². The van der Waals surface area contributed by atoms with E-state index in [-0.39, 0.29) is 5.41 Å². The molecule has 0 radical (unpaired) electrons. The van der Waals surface area contributed by atoms with Crippen LogP contribution < -0.4 is 0 Å². The van der Waals surface area contributed by atoms with Gasteiger partial charge in [-0.1, -0.05) is 59.8 Å². The van der Waals surface area contributed by atoms with E-state index in [1.807, 2.05) is 6.20 Å². The lowest BCUT2D eigenvalue weighted by Gasteiger charge is -2.24. The van der Waals surface area contributed by atoms with Crippen molar-refractivity contribution in [3.8, 4) is 0 Å². The highest BCUT2D eigenvalue weighted by atomic mass is 14.7. The van der Waals surface area contributed by atoms with Crippen molar-refractivity contribution < 1.29 is 0 Å². The Balaban J connectivity index is 2.17. The van der Waals surface area contributed by atoms with Gasteiger partial charge in [0.25, 0.3) is 0 Å². The highest BCUT2D eigenvalue weighted by molar-refractivity contribution is 6.05. The van der Waals surface area contributed by atoms with Crippen LogP contribution in [0.1, 0.15) is 61.8 Å². The molecular formula is C24H35N. The first-order chi connectivity index (χ1) is 11.6. The second-order valence-corrected chi connectivity index (χ2v) is 8.88. The molecule has 0 bridgehead atoms. The van der Waals surface area contributed by atoms with Gasteiger partial charge in [-0.2, -0.15) is 0 Å². The molecule has 1 nitrogen and oxygen atoms in total. The Hall–Kier alpha value is -1.63. The Morgan fingerprint density at radius 3 is 2.40 bits per heavy atom. The summed E-state index contributed by atoms with van der Waals surface area (Å²) < 4.78 is 0. The molecule has 136 valence electrons. The van der Waals surface area contributed by atoms with Crippen LogP contribution in [0.3, 0.4) is 0 Å². The van der Waals surface area contributed by atoms with Crippen LogP contribution >= 0.6 is 0 Å². The molecule has 0 fully saturated rings. The summed E-state index contributed by atoms with van der Waals surface area (Å²) in [5.41, 5.74) is 7.24. The van der Waals surface area contributed by atoms with Crippen LogP contribution in [0.25, 0.3) is 0 Å². The fourth-order valence-corrected chi connectivity index (χ4v) is 3.36. The largest absolute Gasteiger partial charge is 0.257 e. The standard InChI is InChI=1S/C24H35N/c1-9-21(18(5)16(2)3)23-15-22(23)17(4)14-20-11-10-19(12-13-25-20)24(6,7)8/h9-14,16,18-19H,15H2,1-8H3/b17-14-,21-9-. The number of allylic oxidation sites excluding steroid dienone is 9. The molecule has 2 aliphatic rings. The normalized spacial score (nSPS) is 23.1. The third-order valence-electron chi connectivity index (χ3n) is 5.57. The van der Waals surface area contributed by atoms with Gasteiger partial charge in [-0.15, -0.1) is 0 Å². The van der Waals surface area contributed by atoms with Gasteiger partial charge in [0.15, 0.2) is 0 Å². The third kappa shape index (κ3) is 4.93. The molecule has 0 aromatic carbocycles. The monoisotopic (exact) mass is 337 g/mol. The van der Waals surface area contributed by atoms with E-state index in [0.29, 0.717) is 17.8 Å². The number of rotatable bonds is 5. The molecule has 1 heteroatoms. The van der Waals surface area contributed by atoms with Crippen molar-refractivity contribution in [2.75, 3.05) is 0 Å². The van der Waals surface area contributed by atoms with Crippen LogP contribution in [0.2, 0.25) is 0 Å². The van der Waals surface area contributed by atoms with Crippen LogP contribution in [0.4, 0.5) is 0 Å². The molecule has 0 aromatic heterocycles. The zero-order valence-corrected chi connectivity index (χ0v) is 17.4. The van der Waals surface area contributed by atoms with Gasteiger partial charge in [-0.3, -0.25) is 4.99 Å². The predicted molar refractivity (Wildman–Crippen MR) is 112 cm³/mol. The van der Waals surface area contributed by atoms with Crippen molar-refractivity contribution in [1.82, 2.24) is 0 Å². The van der Waals surface area contributed by atoms with Crippen LogP contribution in [0, 0.1) is 23.2 Å². The zero-order valence-electron chi connectivity index (χ0n) is 17.4. The molecule has 0 saturated heterocycles. The van der Waals surface area contributed by atoms with Crippen molar-refractivity contribution in [2.24, 2.45) is 28.2 Å². The fraction of sp³-hybridized carbons (Fsp3) is 0.542. The van der Waals surface area contributed by atoms with Crippen molar-refractivity contribution in [3.63, 3.8) is 0 Å². The maximum Gasteiger partial charge on any atom is 0.0629 e. The molecule has 0 spiro atoms. The van der Waals surface area contributed by atoms with Crippen molar-refractivity contribution in [3.05, 3.63) is 58.9 Å². The van der Waals surface area contributed by atoms with E-state index in [9.17, 15) is 0 Å².